The van der Waals surface area contributed by atoms with Crippen molar-refractivity contribution in [3.63, 3.8) is 0 Å². The first-order valence-electron chi connectivity index (χ1n) is 15.5. The predicted octanol–water partition coefficient (Wildman–Crippen LogP) is 7.93. The zero-order valence-electron chi connectivity index (χ0n) is 25.7. The van der Waals surface area contributed by atoms with Gasteiger partial charge in [0.05, 0.1) is 17.7 Å². The first-order valence-corrected chi connectivity index (χ1v) is 15.5. The molecule has 0 saturated heterocycles. The van der Waals surface area contributed by atoms with Gasteiger partial charge in [-0.05, 0) is 68.7 Å². The van der Waals surface area contributed by atoms with Gasteiger partial charge in [-0.2, -0.15) is 0 Å². The highest BCUT2D eigenvalue weighted by Crippen LogP contribution is 2.19. The van der Waals surface area contributed by atoms with Crippen LogP contribution in [-0.2, 0) is 20.7 Å². The number of hydrogen-bond donors (Lipinski definition) is 0. The Morgan fingerprint density at radius 2 is 1.23 bits per heavy atom. The van der Waals surface area contributed by atoms with Crippen LogP contribution in [0.2, 0.25) is 0 Å². The van der Waals surface area contributed by atoms with Gasteiger partial charge in [-0.25, -0.2) is 24.4 Å². The lowest BCUT2D eigenvalue weighted by Crippen LogP contribution is -2.26. The molecule has 3 aromatic rings. The number of rotatable bonds is 18. The van der Waals surface area contributed by atoms with Crippen LogP contribution in [-0.4, -0.2) is 40.6 Å². The smallest absolute Gasteiger partial charge is 0.347 e. The fourth-order valence-corrected chi connectivity index (χ4v) is 4.57. The molecule has 8 nitrogen and oxygen atoms in total. The summed E-state index contributed by atoms with van der Waals surface area (Å²) in [6.07, 6.45) is 16.9. The zero-order chi connectivity index (χ0) is 30.9. The SMILES string of the molecule is CCCCCCCCCCCCc1cnc(-c2ccc(C(=O)Oc3ccc(C(=O)OC(C)C(=O)OCC)cc3)cc2)nc1. The van der Waals surface area contributed by atoms with Crippen LogP contribution in [0.5, 0.6) is 5.75 Å². The van der Waals surface area contributed by atoms with Gasteiger partial charge in [-0.3, -0.25) is 0 Å². The fraction of sp³-hybridized carbons (Fsp3) is 0.457. The molecular weight excluding hydrogens is 544 g/mol. The lowest BCUT2D eigenvalue weighted by molar-refractivity contribution is -0.152. The minimum absolute atomic E-state index is 0.198. The monoisotopic (exact) mass is 588 g/mol. The van der Waals surface area contributed by atoms with Crippen LogP contribution in [0.3, 0.4) is 0 Å². The summed E-state index contributed by atoms with van der Waals surface area (Å²) in [5, 5.41) is 0. The van der Waals surface area contributed by atoms with Gasteiger partial charge in [0.25, 0.3) is 0 Å². The highest BCUT2D eigenvalue weighted by atomic mass is 16.6. The minimum Gasteiger partial charge on any atom is -0.463 e. The standard InChI is InChI=1S/C35H44N2O6/c1-4-6-7-8-9-10-11-12-13-14-15-27-24-36-32(37-25-27)28-16-18-29(19-17-28)35(40)43-31-22-20-30(21-23-31)34(39)42-26(3)33(38)41-5-2/h16-26H,4-15H2,1-3H3. The maximum absolute atomic E-state index is 12.6. The number of ether oxygens (including phenoxy) is 3. The lowest BCUT2D eigenvalue weighted by Gasteiger charge is -2.12. The molecule has 230 valence electrons. The van der Waals surface area contributed by atoms with Crippen molar-refractivity contribution < 1.29 is 28.6 Å². The lowest BCUT2D eigenvalue weighted by atomic mass is 10.0. The number of carbonyl (C=O) groups excluding carboxylic acids is 3. The molecule has 0 aliphatic rings. The normalized spacial score (nSPS) is 11.5. The summed E-state index contributed by atoms with van der Waals surface area (Å²) in [6.45, 7) is 5.57. The maximum Gasteiger partial charge on any atom is 0.347 e. The molecule has 0 aliphatic carbocycles. The Balaban J connectivity index is 1.41. The average molecular weight is 589 g/mol. The first-order chi connectivity index (χ1) is 20.9. The summed E-state index contributed by atoms with van der Waals surface area (Å²) >= 11 is 0. The quantitative estimate of drug-likeness (QED) is 0.0838. The molecule has 2 aromatic carbocycles. The molecule has 0 saturated carbocycles. The third kappa shape index (κ3) is 11.6. The number of nitrogens with zero attached hydrogens (tertiary/aromatic N) is 2. The molecule has 3 rings (SSSR count). The van der Waals surface area contributed by atoms with E-state index in [1.165, 1.54) is 89.0 Å². The van der Waals surface area contributed by atoms with E-state index in [1.807, 2.05) is 12.4 Å². The van der Waals surface area contributed by atoms with Gasteiger partial charge in [0.2, 0.25) is 0 Å². The van der Waals surface area contributed by atoms with E-state index in [0.717, 1.165) is 24.0 Å². The molecule has 1 unspecified atom stereocenters. The van der Waals surface area contributed by atoms with Crippen LogP contribution >= 0.6 is 0 Å². The second-order valence-corrected chi connectivity index (χ2v) is 10.6. The van der Waals surface area contributed by atoms with E-state index in [2.05, 4.69) is 16.9 Å². The molecule has 0 N–H and O–H groups in total. The Morgan fingerprint density at radius 3 is 1.81 bits per heavy atom. The Labute approximate surface area is 255 Å². The number of unbranched alkanes of at least 4 members (excludes halogenated alkanes) is 9. The van der Waals surface area contributed by atoms with Crippen molar-refractivity contribution >= 4 is 17.9 Å². The number of esters is 3. The molecule has 0 radical (unpaired) electrons. The molecular formula is C35H44N2O6. The van der Waals surface area contributed by atoms with Crippen LogP contribution in [0.1, 0.15) is 111 Å². The fourth-order valence-electron chi connectivity index (χ4n) is 4.57. The van der Waals surface area contributed by atoms with E-state index in [4.69, 9.17) is 14.2 Å². The zero-order valence-corrected chi connectivity index (χ0v) is 25.7. The molecule has 43 heavy (non-hydrogen) atoms. The van der Waals surface area contributed by atoms with Gasteiger partial charge in [0.1, 0.15) is 5.75 Å². The van der Waals surface area contributed by atoms with Crippen molar-refractivity contribution in [3.05, 3.63) is 77.6 Å². The van der Waals surface area contributed by atoms with E-state index in [-0.39, 0.29) is 17.9 Å². The molecule has 1 heterocycles. The molecule has 0 amide bonds. The maximum atomic E-state index is 12.6. The Morgan fingerprint density at radius 1 is 0.698 bits per heavy atom. The van der Waals surface area contributed by atoms with Gasteiger partial charge in [-0.1, -0.05) is 76.8 Å². The number of benzene rings is 2. The second-order valence-electron chi connectivity index (χ2n) is 10.6. The number of carbonyl (C=O) groups is 3. The number of aromatic nitrogens is 2. The number of aryl methyl sites for hydroxylation is 1. The molecule has 0 bridgehead atoms. The van der Waals surface area contributed by atoms with Crippen molar-refractivity contribution in [2.75, 3.05) is 6.61 Å². The highest BCUT2D eigenvalue weighted by Gasteiger charge is 2.20. The summed E-state index contributed by atoms with van der Waals surface area (Å²) < 4.78 is 15.4. The van der Waals surface area contributed by atoms with Crippen molar-refractivity contribution in [2.45, 2.75) is 97.5 Å². The highest BCUT2D eigenvalue weighted by molar-refractivity contribution is 5.93. The van der Waals surface area contributed by atoms with Gasteiger partial charge in [0, 0.05) is 18.0 Å². The van der Waals surface area contributed by atoms with E-state index < -0.39 is 24.0 Å². The largest absolute Gasteiger partial charge is 0.463 e. The van der Waals surface area contributed by atoms with E-state index >= 15 is 0 Å². The van der Waals surface area contributed by atoms with Crippen LogP contribution in [0.25, 0.3) is 11.4 Å². The van der Waals surface area contributed by atoms with Gasteiger partial charge >= 0.3 is 17.9 Å². The summed E-state index contributed by atoms with van der Waals surface area (Å²) in [7, 11) is 0. The third-order valence-electron chi connectivity index (χ3n) is 7.11. The van der Waals surface area contributed by atoms with Crippen molar-refractivity contribution in [2.24, 2.45) is 0 Å². The first kappa shape index (κ1) is 33.4. The topological polar surface area (TPSA) is 105 Å². The molecule has 8 heteroatoms. The Kier molecular flexibility index (Phi) is 14.4. The summed E-state index contributed by atoms with van der Waals surface area (Å²) in [5.41, 5.74) is 2.53. The van der Waals surface area contributed by atoms with Crippen molar-refractivity contribution in [1.29, 1.82) is 0 Å². The molecule has 1 aromatic heterocycles. The van der Waals surface area contributed by atoms with Gasteiger partial charge in [-0.15, -0.1) is 0 Å². The summed E-state index contributed by atoms with van der Waals surface area (Å²) in [4.78, 5) is 45.6. The average Bonchev–Trinajstić information content (AvgIpc) is 3.02. The van der Waals surface area contributed by atoms with Gasteiger partial charge in [0.15, 0.2) is 11.9 Å². The molecule has 0 fully saturated rings. The van der Waals surface area contributed by atoms with Crippen LogP contribution < -0.4 is 4.74 Å². The molecule has 1 atom stereocenters. The van der Waals surface area contributed by atoms with E-state index in [1.54, 1.807) is 31.2 Å². The second kappa shape index (κ2) is 18.5. The summed E-state index contributed by atoms with van der Waals surface area (Å²) in [5.74, 6) is -0.957. The van der Waals surface area contributed by atoms with Gasteiger partial charge < -0.3 is 14.2 Å². The van der Waals surface area contributed by atoms with Crippen molar-refractivity contribution in [1.82, 2.24) is 9.97 Å². The molecule has 0 spiro atoms. The Bertz CT molecular complexity index is 1270. The third-order valence-corrected chi connectivity index (χ3v) is 7.11. The summed E-state index contributed by atoms with van der Waals surface area (Å²) in [6, 6.07) is 12.8. The molecule has 0 aliphatic heterocycles. The van der Waals surface area contributed by atoms with Crippen LogP contribution in [0.4, 0.5) is 0 Å². The predicted molar refractivity (Wildman–Crippen MR) is 166 cm³/mol. The minimum atomic E-state index is -1.02. The number of hydrogen-bond acceptors (Lipinski definition) is 8. The van der Waals surface area contributed by atoms with Crippen LogP contribution in [0, 0.1) is 0 Å². The van der Waals surface area contributed by atoms with E-state index in [0.29, 0.717) is 11.4 Å². The van der Waals surface area contributed by atoms with Crippen molar-refractivity contribution in [3.8, 4) is 17.1 Å². The van der Waals surface area contributed by atoms with Crippen LogP contribution in [0.15, 0.2) is 60.9 Å². The Hall–Kier alpha value is -4.07. The van der Waals surface area contributed by atoms with E-state index in [9.17, 15) is 14.4 Å².